The molecule has 13 heteroatoms. The van der Waals surface area contributed by atoms with E-state index < -0.39 is 11.7 Å². The number of nitrogens with zero attached hydrogens (tertiary/aromatic N) is 7. The highest BCUT2D eigenvalue weighted by atomic mass is 35.5. The minimum absolute atomic E-state index is 0.0312. The number of hydrogen-bond donors (Lipinski definition) is 2. The predicted molar refractivity (Wildman–Crippen MR) is 150 cm³/mol. The van der Waals surface area contributed by atoms with E-state index in [0.717, 1.165) is 17.5 Å². The Labute approximate surface area is 233 Å². The second-order valence-electron chi connectivity index (χ2n) is 10.3. The van der Waals surface area contributed by atoms with Gasteiger partial charge in [0.2, 0.25) is 11.9 Å². The van der Waals surface area contributed by atoms with Crippen LogP contribution in [0.4, 0.5) is 22.0 Å². The number of nitrogens with one attached hydrogen (secondary N) is 1. The molecule has 0 spiro atoms. The van der Waals surface area contributed by atoms with Crippen LogP contribution in [-0.2, 0) is 7.05 Å². The lowest BCUT2D eigenvalue weighted by molar-refractivity contribution is 0.0996. The van der Waals surface area contributed by atoms with Gasteiger partial charge in [-0.3, -0.25) is 14.2 Å². The number of aryl methyl sites for hydroxylation is 1. The van der Waals surface area contributed by atoms with Crippen molar-refractivity contribution in [2.24, 2.45) is 12.8 Å². The molecule has 0 radical (unpaired) electrons. The van der Waals surface area contributed by atoms with Crippen LogP contribution < -0.4 is 26.4 Å². The number of anilines is 3. The van der Waals surface area contributed by atoms with E-state index in [9.17, 15) is 14.0 Å². The lowest BCUT2D eigenvalue weighted by atomic mass is 10.0. The number of carbonyl (C=O) groups is 1. The summed E-state index contributed by atoms with van der Waals surface area (Å²) in [6, 6.07) is 6.91. The maximum Gasteiger partial charge on any atom is 0.269 e. The molecule has 1 aromatic carbocycles. The molecule has 0 saturated carbocycles. The average Bonchev–Trinajstić information content (AvgIpc) is 3.53. The molecule has 3 aromatic heterocycles. The summed E-state index contributed by atoms with van der Waals surface area (Å²) < 4.78 is 14.9. The van der Waals surface area contributed by atoms with Crippen molar-refractivity contribution in [3.05, 3.63) is 74.8 Å². The number of pyridine rings is 1. The largest absolute Gasteiger partial charge is 0.377 e. The van der Waals surface area contributed by atoms with Crippen LogP contribution >= 0.6 is 11.6 Å². The zero-order chi connectivity index (χ0) is 28.3. The number of amides is 1. The number of primary amides is 1. The number of piperazine rings is 1. The van der Waals surface area contributed by atoms with Crippen LogP contribution in [0.15, 0.2) is 41.5 Å². The second-order valence-corrected chi connectivity index (χ2v) is 10.7. The molecule has 11 nitrogen and oxygen atoms in total. The summed E-state index contributed by atoms with van der Waals surface area (Å²) in [6.45, 7) is 5.12. The zero-order valence-electron chi connectivity index (χ0n) is 22.1. The molecule has 4 aromatic rings. The van der Waals surface area contributed by atoms with E-state index in [1.807, 2.05) is 26.0 Å². The van der Waals surface area contributed by atoms with Crippen molar-refractivity contribution < 1.29 is 9.18 Å². The number of hydrogen-bond acceptors (Lipinski definition) is 9. The van der Waals surface area contributed by atoms with E-state index in [1.165, 1.54) is 12.4 Å². The van der Waals surface area contributed by atoms with Gasteiger partial charge >= 0.3 is 0 Å². The fourth-order valence-corrected chi connectivity index (χ4v) is 5.94. The highest BCUT2D eigenvalue weighted by molar-refractivity contribution is 6.29. The molecule has 3 N–H and O–H groups in total. The van der Waals surface area contributed by atoms with Crippen molar-refractivity contribution in [2.45, 2.75) is 38.4 Å². The number of aromatic nitrogens is 5. The molecule has 2 saturated heterocycles. The van der Waals surface area contributed by atoms with E-state index >= 15 is 0 Å². The first kappa shape index (κ1) is 25.9. The Bertz CT molecular complexity index is 1710. The summed E-state index contributed by atoms with van der Waals surface area (Å²) in [4.78, 5) is 47.3. The molecule has 2 fully saturated rings. The number of carbonyl (C=O) groups excluding carboxylic acids is 1. The minimum atomic E-state index is -0.704. The zero-order valence-corrected chi connectivity index (χ0v) is 22.9. The van der Waals surface area contributed by atoms with Gasteiger partial charge in [-0.25, -0.2) is 24.3 Å². The van der Waals surface area contributed by atoms with Crippen LogP contribution in [-0.4, -0.2) is 55.6 Å². The molecular formula is C27H27ClFN9O2. The first-order valence-electron chi connectivity index (χ1n) is 12.9. The fraction of sp³-hybridized carbons (Fsp3) is 0.333. The van der Waals surface area contributed by atoms with Crippen LogP contribution in [0.5, 0.6) is 0 Å². The number of halogens is 2. The standard InChI is InChI=1S/C27H27ClFN9O2/c1-13-6-18(14(2)33-20-4-5-21(28)34-23(20)24(30)39)22-19(7-13)25(40)36(3)27(35-22)38-12-16-8-17(38)11-37(16)26-31-9-15(29)10-32-26/h4-7,9-10,14,16-17,33H,8,11-12H2,1-3H3,(H2,30,39)/t14-,16+,17+/m1/s1. The normalized spacial score (nSPS) is 18.9. The van der Waals surface area contributed by atoms with Gasteiger partial charge < -0.3 is 20.9 Å². The third-order valence-corrected chi connectivity index (χ3v) is 7.84. The summed E-state index contributed by atoms with van der Waals surface area (Å²) >= 11 is 5.98. The first-order chi connectivity index (χ1) is 19.1. The van der Waals surface area contributed by atoms with Crippen molar-refractivity contribution >= 4 is 46.0 Å². The highest BCUT2D eigenvalue weighted by Gasteiger charge is 2.45. The maximum atomic E-state index is 13.6. The Kier molecular flexibility index (Phi) is 6.29. The number of benzene rings is 1. The van der Waals surface area contributed by atoms with E-state index in [1.54, 1.807) is 23.7 Å². The highest BCUT2D eigenvalue weighted by Crippen LogP contribution is 2.36. The Morgan fingerprint density at radius 3 is 2.52 bits per heavy atom. The molecule has 2 bridgehead atoms. The minimum Gasteiger partial charge on any atom is -0.377 e. The van der Waals surface area contributed by atoms with Crippen LogP contribution in [0.2, 0.25) is 5.15 Å². The molecule has 2 aliphatic rings. The molecule has 1 amide bonds. The number of fused-ring (bicyclic) bond motifs is 3. The Morgan fingerprint density at radius 2 is 1.85 bits per heavy atom. The number of rotatable bonds is 6. The van der Waals surface area contributed by atoms with Gasteiger partial charge in [0.1, 0.15) is 5.15 Å². The van der Waals surface area contributed by atoms with Gasteiger partial charge in [-0.05, 0) is 44.0 Å². The summed E-state index contributed by atoms with van der Waals surface area (Å²) in [5.41, 5.74) is 8.13. The molecular weight excluding hydrogens is 537 g/mol. The first-order valence-corrected chi connectivity index (χ1v) is 13.2. The van der Waals surface area contributed by atoms with Crippen LogP contribution in [0.25, 0.3) is 10.9 Å². The fourth-order valence-electron chi connectivity index (χ4n) is 5.79. The molecule has 0 unspecified atom stereocenters. The quantitative estimate of drug-likeness (QED) is 0.339. The lowest BCUT2D eigenvalue weighted by Gasteiger charge is -2.35. The van der Waals surface area contributed by atoms with Gasteiger partial charge in [0.25, 0.3) is 11.5 Å². The summed E-state index contributed by atoms with van der Waals surface area (Å²) in [5.74, 6) is -0.102. The van der Waals surface area contributed by atoms with Gasteiger partial charge in [-0.15, -0.1) is 0 Å². The van der Waals surface area contributed by atoms with E-state index in [4.69, 9.17) is 22.3 Å². The monoisotopic (exact) mass is 563 g/mol. The van der Waals surface area contributed by atoms with E-state index in [0.29, 0.717) is 41.6 Å². The van der Waals surface area contributed by atoms with Crippen molar-refractivity contribution in [1.29, 1.82) is 0 Å². The SMILES string of the molecule is Cc1cc([C@@H](C)Nc2ccc(Cl)nc2C(N)=O)c2nc(N3C[C@@H]4C[C@H]3CN4c3ncc(F)cn3)n(C)c(=O)c2c1. The van der Waals surface area contributed by atoms with Gasteiger partial charge in [-0.1, -0.05) is 17.7 Å². The third-order valence-electron chi connectivity index (χ3n) is 7.62. The lowest BCUT2D eigenvalue weighted by Crippen LogP contribution is -2.48. The van der Waals surface area contributed by atoms with Crippen molar-refractivity contribution in [1.82, 2.24) is 24.5 Å². The van der Waals surface area contributed by atoms with Gasteiger partial charge in [0, 0.05) is 25.7 Å². The Morgan fingerprint density at radius 1 is 1.15 bits per heavy atom. The maximum absolute atomic E-state index is 13.6. The topological polar surface area (TPSA) is 135 Å². The smallest absolute Gasteiger partial charge is 0.269 e. The Hall–Kier alpha value is -4.32. The predicted octanol–water partition coefficient (Wildman–Crippen LogP) is 2.96. The van der Waals surface area contributed by atoms with Crippen molar-refractivity contribution in [3.8, 4) is 0 Å². The van der Waals surface area contributed by atoms with Crippen LogP contribution in [0.3, 0.4) is 0 Å². The summed E-state index contributed by atoms with van der Waals surface area (Å²) in [7, 11) is 1.74. The number of nitrogens with two attached hydrogens (primary N) is 1. The molecule has 3 atom stereocenters. The summed E-state index contributed by atoms with van der Waals surface area (Å²) in [5, 5.41) is 3.97. The van der Waals surface area contributed by atoms with Gasteiger partial charge in [0.05, 0.1) is 47.1 Å². The Balaban J connectivity index is 1.36. The third kappa shape index (κ3) is 4.37. The van der Waals surface area contributed by atoms with Crippen LogP contribution in [0, 0.1) is 12.7 Å². The molecule has 6 rings (SSSR count). The molecule has 0 aliphatic carbocycles. The summed E-state index contributed by atoms with van der Waals surface area (Å²) in [6.07, 6.45) is 3.20. The molecule has 206 valence electrons. The average molecular weight is 564 g/mol. The van der Waals surface area contributed by atoms with Crippen LogP contribution in [0.1, 0.15) is 41.0 Å². The van der Waals surface area contributed by atoms with Crippen molar-refractivity contribution in [3.63, 3.8) is 0 Å². The van der Waals surface area contributed by atoms with E-state index in [-0.39, 0.29) is 34.5 Å². The molecule has 2 aliphatic heterocycles. The van der Waals surface area contributed by atoms with E-state index in [2.05, 4.69) is 30.1 Å². The van der Waals surface area contributed by atoms with Crippen molar-refractivity contribution in [2.75, 3.05) is 28.2 Å². The molecule has 5 heterocycles. The second kappa shape index (κ2) is 9.70. The van der Waals surface area contributed by atoms with Gasteiger partial charge in [-0.2, -0.15) is 0 Å². The van der Waals surface area contributed by atoms with Gasteiger partial charge in [0.15, 0.2) is 11.5 Å². The molecule has 40 heavy (non-hydrogen) atoms.